The Morgan fingerprint density at radius 3 is 2.39 bits per heavy atom. The van der Waals surface area contributed by atoms with Crippen LogP contribution >= 0.6 is 0 Å². The van der Waals surface area contributed by atoms with Gasteiger partial charge >= 0.3 is 0 Å². The molecular formula is C15H27N3. The Balaban J connectivity index is 2.66. The van der Waals surface area contributed by atoms with E-state index in [4.69, 9.17) is 10.7 Å². The molecule has 0 aliphatic heterocycles. The lowest BCUT2D eigenvalue weighted by Crippen LogP contribution is -2.37. The summed E-state index contributed by atoms with van der Waals surface area (Å²) in [6.45, 7) is 12.4. The molecule has 1 aromatic rings. The Kier molecular flexibility index (Phi) is 4.88. The van der Waals surface area contributed by atoms with Crippen molar-refractivity contribution in [2.75, 3.05) is 13.1 Å². The third kappa shape index (κ3) is 4.75. The van der Waals surface area contributed by atoms with Crippen LogP contribution in [-0.4, -0.2) is 23.6 Å². The molecule has 18 heavy (non-hydrogen) atoms. The van der Waals surface area contributed by atoms with Crippen molar-refractivity contribution in [3.8, 4) is 0 Å². The molecule has 0 fully saturated rings. The van der Waals surface area contributed by atoms with Gasteiger partial charge in [0.1, 0.15) is 0 Å². The van der Waals surface area contributed by atoms with E-state index in [1.165, 1.54) is 0 Å². The van der Waals surface area contributed by atoms with Crippen LogP contribution in [0, 0.1) is 0 Å². The molecule has 0 spiro atoms. The minimum absolute atomic E-state index is 0.0481. The van der Waals surface area contributed by atoms with Gasteiger partial charge in [0.15, 0.2) is 0 Å². The van der Waals surface area contributed by atoms with E-state index in [-0.39, 0.29) is 11.0 Å². The van der Waals surface area contributed by atoms with Crippen molar-refractivity contribution in [2.45, 2.75) is 52.0 Å². The average Bonchev–Trinajstić information content (AvgIpc) is 2.28. The Morgan fingerprint density at radius 1 is 1.17 bits per heavy atom. The summed E-state index contributed by atoms with van der Waals surface area (Å²) >= 11 is 0. The highest BCUT2D eigenvalue weighted by atomic mass is 14.9. The van der Waals surface area contributed by atoms with Crippen molar-refractivity contribution in [1.82, 2.24) is 10.3 Å². The van der Waals surface area contributed by atoms with E-state index < -0.39 is 0 Å². The SMILES string of the molecule is CC(C)(C)NCCc1cccc(C(C)(C)CN)n1. The van der Waals surface area contributed by atoms with Gasteiger partial charge in [-0.3, -0.25) is 4.98 Å². The van der Waals surface area contributed by atoms with E-state index in [9.17, 15) is 0 Å². The first-order valence-corrected chi connectivity index (χ1v) is 6.66. The molecule has 0 atom stereocenters. The van der Waals surface area contributed by atoms with E-state index in [0.717, 1.165) is 24.4 Å². The minimum Gasteiger partial charge on any atom is -0.330 e. The number of hydrogen-bond acceptors (Lipinski definition) is 3. The number of aromatic nitrogens is 1. The second-order valence-electron chi connectivity index (χ2n) is 6.53. The van der Waals surface area contributed by atoms with Gasteiger partial charge in [0, 0.05) is 41.9 Å². The topological polar surface area (TPSA) is 50.9 Å². The largest absolute Gasteiger partial charge is 0.330 e. The van der Waals surface area contributed by atoms with Crippen molar-refractivity contribution in [1.29, 1.82) is 0 Å². The molecule has 0 amide bonds. The first kappa shape index (κ1) is 15.1. The molecule has 0 saturated heterocycles. The Bertz CT molecular complexity index is 378. The first-order chi connectivity index (χ1) is 8.24. The van der Waals surface area contributed by atoms with Crippen LogP contribution in [0.4, 0.5) is 0 Å². The Morgan fingerprint density at radius 2 is 1.83 bits per heavy atom. The van der Waals surface area contributed by atoms with Crippen molar-refractivity contribution < 1.29 is 0 Å². The van der Waals surface area contributed by atoms with Crippen molar-refractivity contribution in [3.05, 3.63) is 29.6 Å². The molecule has 0 aromatic carbocycles. The summed E-state index contributed by atoms with van der Waals surface area (Å²) in [5.41, 5.74) is 8.12. The van der Waals surface area contributed by atoms with Crippen LogP contribution in [0.1, 0.15) is 46.0 Å². The number of pyridine rings is 1. The van der Waals surface area contributed by atoms with Crippen molar-refractivity contribution in [3.63, 3.8) is 0 Å². The summed E-state index contributed by atoms with van der Waals surface area (Å²) in [4.78, 5) is 4.71. The standard InChI is InChI=1S/C15H27N3/c1-14(2,3)17-10-9-12-7-6-8-13(18-12)15(4,5)11-16/h6-8,17H,9-11,16H2,1-5H3. The molecule has 0 saturated carbocycles. The van der Waals surface area contributed by atoms with Gasteiger partial charge in [0.25, 0.3) is 0 Å². The molecular weight excluding hydrogens is 222 g/mol. The average molecular weight is 249 g/mol. The van der Waals surface area contributed by atoms with Crippen molar-refractivity contribution in [2.24, 2.45) is 5.73 Å². The summed E-state index contributed by atoms with van der Waals surface area (Å²) in [5.74, 6) is 0. The highest BCUT2D eigenvalue weighted by Gasteiger charge is 2.20. The van der Waals surface area contributed by atoms with Crippen LogP contribution < -0.4 is 11.1 Å². The predicted molar refractivity (Wildman–Crippen MR) is 77.8 cm³/mol. The first-order valence-electron chi connectivity index (χ1n) is 6.66. The van der Waals surface area contributed by atoms with Gasteiger partial charge in [0.2, 0.25) is 0 Å². The summed E-state index contributed by atoms with van der Waals surface area (Å²) in [5, 5.41) is 3.48. The fourth-order valence-corrected chi connectivity index (χ4v) is 1.67. The number of nitrogens with one attached hydrogen (secondary N) is 1. The molecule has 102 valence electrons. The highest BCUT2D eigenvalue weighted by molar-refractivity contribution is 5.19. The number of rotatable bonds is 5. The number of nitrogens with zero attached hydrogens (tertiary/aromatic N) is 1. The summed E-state index contributed by atoms with van der Waals surface area (Å²) in [6, 6.07) is 6.22. The van der Waals surface area contributed by atoms with Crippen LogP contribution in [0.5, 0.6) is 0 Å². The summed E-state index contributed by atoms with van der Waals surface area (Å²) < 4.78 is 0. The van der Waals surface area contributed by atoms with Crippen LogP contribution in [-0.2, 0) is 11.8 Å². The second kappa shape index (κ2) is 5.81. The normalized spacial score (nSPS) is 12.8. The molecule has 0 unspecified atom stereocenters. The maximum atomic E-state index is 5.79. The maximum Gasteiger partial charge on any atom is 0.0475 e. The smallest absolute Gasteiger partial charge is 0.0475 e. The van der Waals surface area contributed by atoms with E-state index in [1.54, 1.807) is 0 Å². The maximum absolute atomic E-state index is 5.79. The Labute approximate surface area is 111 Å². The molecule has 0 aliphatic rings. The molecule has 1 rings (SSSR count). The second-order valence-corrected chi connectivity index (χ2v) is 6.53. The molecule has 3 heteroatoms. The van der Waals surface area contributed by atoms with Gasteiger partial charge in [-0.25, -0.2) is 0 Å². The zero-order valence-electron chi connectivity index (χ0n) is 12.4. The zero-order valence-corrected chi connectivity index (χ0v) is 12.4. The molecule has 1 heterocycles. The zero-order chi connectivity index (χ0) is 13.8. The summed E-state index contributed by atoms with van der Waals surface area (Å²) in [7, 11) is 0. The predicted octanol–water partition coefficient (Wildman–Crippen LogP) is 2.25. The van der Waals surface area contributed by atoms with E-state index in [0.29, 0.717) is 6.54 Å². The Hall–Kier alpha value is -0.930. The summed E-state index contributed by atoms with van der Waals surface area (Å²) in [6.07, 6.45) is 0.950. The van der Waals surface area contributed by atoms with E-state index in [2.05, 4.69) is 58.1 Å². The molecule has 0 bridgehead atoms. The number of nitrogens with two attached hydrogens (primary N) is 1. The lowest BCUT2D eigenvalue weighted by molar-refractivity contribution is 0.428. The van der Waals surface area contributed by atoms with Gasteiger partial charge < -0.3 is 11.1 Å². The van der Waals surface area contributed by atoms with Gasteiger partial charge in [-0.1, -0.05) is 19.9 Å². The fourth-order valence-electron chi connectivity index (χ4n) is 1.67. The van der Waals surface area contributed by atoms with Gasteiger partial charge in [-0.05, 0) is 32.9 Å². The monoisotopic (exact) mass is 249 g/mol. The van der Waals surface area contributed by atoms with E-state index in [1.807, 2.05) is 0 Å². The highest BCUT2D eigenvalue weighted by Crippen LogP contribution is 2.19. The van der Waals surface area contributed by atoms with Gasteiger partial charge in [0.05, 0.1) is 0 Å². The van der Waals surface area contributed by atoms with Crippen LogP contribution in [0.3, 0.4) is 0 Å². The van der Waals surface area contributed by atoms with Gasteiger partial charge in [-0.15, -0.1) is 0 Å². The number of hydrogen-bond donors (Lipinski definition) is 2. The van der Waals surface area contributed by atoms with Crippen LogP contribution in [0.15, 0.2) is 18.2 Å². The van der Waals surface area contributed by atoms with Crippen LogP contribution in [0.2, 0.25) is 0 Å². The van der Waals surface area contributed by atoms with Gasteiger partial charge in [-0.2, -0.15) is 0 Å². The van der Waals surface area contributed by atoms with Crippen LogP contribution in [0.25, 0.3) is 0 Å². The third-order valence-electron chi connectivity index (χ3n) is 3.05. The quantitative estimate of drug-likeness (QED) is 0.841. The lowest BCUT2D eigenvalue weighted by Gasteiger charge is -2.23. The van der Waals surface area contributed by atoms with E-state index >= 15 is 0 Å². The minimum atomic E-state index is -0.0481. The molecule has 0 radical (unpaired) electrons. The molecule has 1 aromatic heterocycles. The molecule has 3 N–H and O–H groups in total. The molecule has 3 nitrogen and oxygen atoms in total. The fraction of sp³-hybridized carbons (Fsp3) is 0.667. The third-order valence-corrected chi connectivity index (χ3v) is 3.05. The molecule has 0 aliphatic carbocycles. The lowest BCUT2D eigenvalue weighted by atomic mass is 9.89. The van der Waals surface area contributed by atoms with Crippen molar-refractivity contribution >= 4 is 0 Å².